The van der Waals surface area contributed by atoms with Crippen molar-refractivity contribution in [3.05, 3.63) is 18.0 Å². The lowest BCUT2D eigenvalue weighted by atomic mass is 9.70. The third-order valence-corrected chi connectivity index (χ3v) is 4.80. The Bertz CT molecular complexity index is 385. The first-order valence-corrected chi connectivity index (χ1v) is 8.45. The quantitative estimate of drug-likeness (QED) is 0.821. The number of hydrogen-bond donors (Lipinski definition) is 1. The molecule has 0 amide bonds. The summed E-state index contributed by atoms with van der Waals surface area (Å²) >= 11 is 0. The Hall–Kier alpha value is -0.830. The second-order valence-corrected chi connectivity index (χ2v) is 6.43. The molecule has 0 radical (unpaired) electrons. The molecule has 3 nitrogen and oxygen atoms in total. The number of nitrogens with one attached hydrogen (secondary N) is 1. The smallest absolute Gasteiger partial charge is 0.0524 e. The zero-order valence-corrected chi connectivity index (χ0v) is 13.4. The van der Waals surface area contributed by atoms with Crippen LogP contribution >= 0.6 is 0 Å². The highest BCUT2D eigenvalue weighted by Crippen LogP contribution is 2.41. The molecule has 0 aliphatic heterocycles. The van der Waals surface area contributed by atoms with E-state index in [1.807, 2.05) is 0 Å². The van der Waals surface area contributed by atoms with Gasteiger partial charge in [0, 0.05) is 12.7 Å². The summed E-state index contributed by atoms with van der Waals surface area (Å²) in [6, 6.07) is 0. The topological polar surface area (TPSA) is 29.9 Å². The van der Waals surface area contributed by atoms with E-state index in [0.29, 0.717) is 5.92 Å². The van der Waals surface area contributed by atoms with E-state index in [4.69, 9.17) is 0 Å². The molecule has 1 aromatic rings. The highest BCUT2D eigenvalue weighted by molar-refractivity contribution is 5.14. The standard InChI is InChI=1S/C17H31N3/c1-4-6-14-7-8-15(11-18-3)17(10-14)16-12-19-20(13-16)9-5-2/h12-15,17-18H,4-11H2,1-3H3. The summed E-state index contributed by atoms with van der Waals surface area (Å²) in [5.41, 5.74) is 1.47. The molecule has 1 aliphatic carbocycles. The summed E-state index contributed by atoms with van der Waals surface area (Å²) in [5.74, 6) is 2.42. The second kappa shape index (κ2) is 7.82. The third kappa shape index (κ3) is 3.85. The maximum absolute atomic E-state index is 4.54. The number of aromatic nitrogens is 2. The molecule has 0 saturated heterocycles. The van der Waals surface area contributed by atoms with Crippen LogP contribution in [0.4, 0.5) is 0 Å². The van der Waals surface area contributed by atoms with Crippen LogP contribution in [0, 0.1) is 11.8 Å². The average molecular weight is 277 g/mol. The van der Waals surface area contributed by atoms with Gasteiger partial charge in [-0.1, -0.05) is 33.1 Å². The van der Waals surface area contributed by atoms with Gasteiger partial charge in [-0.25, -0.2) is 0 Å². The Morgan fingerprint density at radius 3 is 2.85 bits per heavy atom. The minimum absolute atomic E-state index is 0.707. The van der Waals surface area contributed by atoms with Crippen molar-refractivity contribution < 1.29 is 0 Å². The van der Waals surface area contributed by atoms with Crippen molar-refractivity contribution in [1.82, 2.24) is 15.1 Å². The van der Waals surface area contributed by atoms with Crippen LogP contribution in [-0.2, 0) is 6.54 Å². The molecule has 0 aromatic carbocycles. The van der Waals surface area contributed by atoms with E-state index in [2.05, 4.69) is 48.4 Å². The maximum Gasteiger partial charge on any atom is 0.0524 e. The number of aryl methyl sites for hydroxylation is 1. The molecule has 1 aliphatic rings. The zero-order valence-electron chi connectivity index (χ0n) is 13.4. The van der Waals surface area contributed by atoms with Gasteiger partial charge in [-0.15, -0.1) is 0 Å². The van der Waals surface area contributed by atoms with Gasteiger partial charge in [0.15, 0.2) is 0 Å². The summed E-state index contributed by atoms with van der Waals surface area (Å²) in [4.78, 5) is 0. The SMILES string of the molecule is CCCC1CCC(CNC)C(c2cnn(CCC)c2)C1. The van der Waals surface area contributed by atoms with Gasteiger partial charge in [0.05, 0.1) is 6.20 Å². The molecule has 0 bridgehead atoms. The lowest BCUT2D eigenvalue weighted by Crippen LogP contribution is -2.30. The lowest BCUT2D eigenvalue weighted by molar-refractivity contribution is 0.223. The van der Waals surface area contributed by atoms with Crippen LogP contribution in [0.1, 0.15) is 63.9 Å². The molecule has 3 unspecified atom stereocenters. The molecule has 1 N–H and O–H groups in total. The predicted molar refractivity (Wildman–Crippen MR) is 84.9 cm³/mol. The van der Waals surface area contributed by atoms with E-state index in [1.165, 1.54) is 37.7 Å². The van der Waals surface area contributed by atoms with Crippen molar-refractivity contribution in [2.75, 3.05) is 13.6 Å². The largest absolute Gasteiger partial charge is 0.319 e. The second-order valence-electron chi connectivity index (χ2n) is 6.43. The molecule has 20 heavy (non-hydrogen) atoms. The van der Waals surface area contributed by atoms with Gasteiger partial charge >= 0.3 is 0 Å². The van der Waals surface area contributed by atoms with Crippen molar-refractivity contribution >= 4 is 0 Å². The normalized spacial score (nSPS) is 26.9. The molecule has 3 heteroatoms. The summed E-state index contributed by atoms with van der Waals surface area (Å²) in [5, 5.41) is 7.93. The van der Waals surface area contributed by atoms with Crippen LogP contribution in [0.25, 0.3) is 0 Å². The van der Waals surface area contributed by atoms with E-state index in [1.54, 1.807) is 0 Å². The van der Waals surface area contributed by atoms with Gasteiger partial charge in [0.2, 0.25) is 0 Å². The van der Waals surface area contributed by atoms with Gasteiger partial charge in [-0.3, -0.25) is 4.68 Å². The van der Waals surface area contributed by atoms with Crippen molar-refractivity contribution in [2.24, 2.45) is 11.8 Å². The third-order valence-electron chi connectivity index (χ3n) is 4.80. The predicted octanol–water partition coefficient (Wildman–Crippen LogP) is 3.81. The fourth-order valence-corrected chi connectivity index (χ4v) is 3.83. The van der Waals surface area contributed by atoms with E-state index in [9.17, 15) is 0 Å². The van der Waals surface area contributed by atoms with Crippen LogP contribution in [-0.4, -0.2) is 23.4 Å². The molecular weight excluding hydrogens is 246 g/mol. The van der Waals surface area contributed by atoms with Crippen molar-refractivity contribution in [1.29, 1.82) is 0 Å². The molecule has 0 spiro atoms. The van der Waals surface area contributed by atoms with E-state index in [-0.39, 0.29) is 0 Å². The monoisotopic (exact) mass is 277 g/mol. The maximum atomic E-state index is 4.54. The Labute approximate surface area is 124 Å². The lowest BCUT2D eigenvalue weighted by Gasteiger charge is -2.36. The summed E-state index contributed by atoms with van der Waals surface area (Å²) in [7, 11) is 2.08. The first-order valence-electron chi connectivity index (χ1n) is 8.45. The molecule has 3 atom stereocenters. The Kier molecular flexibility index (Phi) is 6.08. The Balaban J connectivity index is 2.08. The molecule has 1 heterocycles. The van der Waals surface area contributed by atoms with E-state index in [0.717, 1.165) is 31.3 Å². The van der Waals surface area contributed by atoms with Gasteiger partial charge in [0.25, 0.3) is 0 Å². The minimum atomic E-state index is 0.707. The van der Waals surface area contributed by atoms with Crippen LogP contribution in [0.15, 0.2) is 12.4 Å². The molecule has 1 aromatic heterocycles. The van der Waals surface area contributed by atoms with Crippen LogP contribution in [0.2, 0.25) is 0 Å². The van der Waals surface area contributed by atoms with Gasteiger partial charge in [-0.2, -0.15) is 5.10 Å². The summed E-state index contributed by atoms with van der Waals surface area (Å²) < 4.78 is 2.12. The van der Waals surface area contributed by atoms with Crippen molar-refractivity contribution in [2.45, 2.75) is 64.8 Å². The van der Waals surface area contributed by atoms with Gasteiger partial charge in [0.1, 0.15) is 0 Å². The van der Waals surface area contributed by atoms with Gasteiger partial charge in [-0.05, 0) is 56.2 Å². The first kappa shape index (κ1) is 15.6. The molecule has 1 saturated carbocycles. The highest BCUT2D eigenvalue weighted by Gasteiger charge is 2.31. The number of hydrogen-bond acceptors (Lipinski definition) is 2. The zero-order chi connectivity index (χ0) is 14.4. The van der Waals surface area contributed by atoms with Crippen molar-refractivity contribution in [3.8, 4) is 0 Å². The average Bonchev–Trinajstić information content (AvgIpc) is 2.90. The molecule has 1 fully saturated rings. The van der Waals surface area contributed by atoms with E-state index < -0.39 is 0 Å². The first-order chi connectivity index (χ1) is 9.78. The molecule has 2 rings (SSSR count). The minimum Gasteiger partial charge on any atom is -0.319 e. The molecular formula is C17H31N3. The van der Waals surface area contributed by atoms with Crippen LogP contribution < -0.4 is 5.32 Å². The van der Waals surface area contributed by atoms with Crippen LogP contribution in [0.5, 0.6) is 0 Å². The van der Waals surface area contributed by atoms with Crippen LogP contribution in [0.3, 0.4) is 0 Å². The highest BCUT2D eigenvalue weighted by atomic mass is 15.3. The summed E-state index contributed by atoms with van der Waals surface area (Å²) in [6.45, 7) is 6.71. The fraction of sp³-hybridized carbons (Fsp3) is 0.824. The molecule has 114 valence electrons. The van der Waals surface area contributed by atoms with Gasteiger partial charge < -0.3 is 5.32 Å². The summed E-state index contributed by atoms with van der Waals surface area (Å²) in [6.07, 6.45) is 12.4. The number of nitrogens with zero attached hydrogens (tertiary/aromatic N) is 2. The fourth-order valence-electron chi connectivity index (χ4n) is 3.83. The van der Waals surface area contributed by atoms with E-state index >= 15 is 0 Å². The van der Waals surface area contributed by atoms with Crippen molar-refractivity contribution in [3.63, 3.8) is 0 Å². The number of rotatable bonds is 7. The Morgan fingerprint density at radius 1 is 1.30 bits per heavy atom. The Morgan fingerprint density at radius 2 is 2.15 bits per heavy atom.